The third-order valence-electron chi connectivity index (χ3n) is 4.45. The number of nitrogens with one attached hydrogen (secondary N) is 2. The lowest BCUT2D eigenvalue weighted by Crippen LogP contribution is -2.56. The number of alkyl halides is 2. The number of rotatable bonds is 8. The lowest BCUT2D eigenvalue weighted by atomic mass is 10.0. The van der Waals surface area contributed by atoms with E-state index in [2.05, 4.69) is 34.1 Å². The third-order valence-corrected chi connectivity index (χ3v) is 4.45. The van der Waals surface area contributed by atoms with Gasteiger partial charge in [0.25, 0.3) is 0 Å². The largest absolute Gasteiger partial charge is 0.493 e. The fourth-order valence-corrected chi connectivity index (χ4v) is 2.84. The molecule has 0 bridgehead atoms. The van der Waals surface area contributed by atoms with Crippen molar-refractivity contribution in [1.82, 2.24) is 15.5 Å². The quantitative estimate of drug-likeness (QED) is 0.716. The van der Waals surface area contributed by atoms with Gasteiger partial charge in [0.1, 0.15) is 0 Å². The Kier molecular flexibility index (Phi) is 7.61. The van der Waals surface area contributed by atoms with Gasteiger partial charge >= 0.3 is 12.6 Å². The molecular formula is C18H27F2N3O4. The molecule has 9 heteroatoms. The summed E-state index contributed by atoms with van der Waals surface area (Å²) in [5.41, 5.74) is 0.523. The van der Waals surface area contributed by atoms with Gasteiger partial charge in [-0.25, -0.2) is 4.79 Å². The highest BCUT2D eigenvalue weighted by Gasteiger charge is 2.28. The van der Waals surface area contributed by atoms with E-state index in [1.165, 1.54) is 13.2 Å². The first-order valence-electron chi connectivity index (χ1n) is 8.78. The second-order valence-electron chi connectivity index (χ2n) is 6.81. The Hall–Kier alpha value is -2.13. The molecule has 1 fully saturated rings. The number of nitrogens with zero attached hydrogens (tertiary/aromatic N) is 1. The number of hydrogen-bond acceptors (Lipinski definition) is 5. The van der Waals surface area contributed by atoms with Gasteiger partial charge in [-0.1, -0.05) is 6.07 Å². The van der Waals surface area contributed by atoms with Gasteiger partial charge in [0.15, 0.2) is 11.5 Å². The van der Waals surface area contributed by atoms with Crippen LogP contribution in [0.4, 0.5) is 13.6 Å². The fourth-order valence-electron chi connectivity index (χ4n) is 2.84. The molecule has 2 amide bonds. The SMILES string of the molecule is COc1cc(CNC(=O)NCC(C)(C)N2CCOCC2)ccc1OC(F)F. The van der Waals surface area contributed by atoms with E-state index in [1.807, 2.05) is 0 Å². The molecule has 0 spiro atoms. The maximum atomic E-state index is 12.4. The number of ether oxygens (including phenoxy) is 3. The number of halogens is 2. The number of benzene rings is 1. The van der Waals surface area contributed by atoms with Crippen molar-refractivity contribution in [3.05, 3.63) is 23.8 Å². The Morgan fingerprint density at radius 2 is 1.96 bits per heavy atom. The van der Waals surface area contributed by atoms with Crippen molar-refractivity contribution in [2.45, 2.75) is 32.5 Å². The average molecular weight is 387 g/mol. The summed E-state index contributed by atoms with van der Waals surface area (Å²) >= 11 is 0. The summed E-state index contributed by atoms with van der Waals surface area (Å²) in [4.78, 5) is 14.4. The molecule has 2 N–H and O–H groups in total. The Balaban J connectivity index is 1.82. The van der Waals surface area contributed by atoms with Crippen LogP contribution in [0.25, 0.3) is 0 Å². The minimum Gasteiger partial charge on any atom is -0.493 e. The van der Waals surface area contributed by atoms with E-state index in [0.29, 0.717) is 25.3 Å². The van der Waals surface area contributed by atoms with Gasteiger partial charge in [-0.3, -0.25) is 4.90 Å². The van der Waals surface area contributed by atoms with Crippen LogP contribution in [0.15, 0.2) is 18.2 Å². The highest BCUT2D eigenvalue weighted by molar-refractivity contribution is 5.73. The summed E-state index contributed by atoms with van der Waals surface area (Å²) in [6, 6.07) is 4.23. The Morgan fingerprint density at radius 1 is 1.26 bits per heavy atom. The Labute approximate surface area is 157 Å². The van der Waals surface area contributed by atoms with E-state index in [1.54, 1.807) is 12.1 Å². The predicted octanol–water partition coefficient (Wildman–Crippen LogP) is 2.21. The molecule has 7 nitrogen and oxygen atoms in total. The van der Waals surface area contributed by atoms with Gasteiger partial charge in [-0.2, -0.15) is 8.78 Å². The molecule has 1 aliphatic heterocycles. The molecule has 1 aromatic rings. The minimum atomic E-state index is -2.93. The smallest absolute Gasteiger partial charge is 0.387 e. The first-order valence-corrected chi connectivity index (χ1v) is 8.78. The topological polar surface area (TPSA) is 72.1 Å². The molecule has 0 aliphatic carbocycles. The summed E-state index contributed by atoms with van der Waals surface area (Å²) in [6.07, 6.45) is 0. The summed E-state index contributed by atoms with van der Waals surface area (Å²) in [6.45, 7) is 5.01. The maximum Gasteiger partial charge on any atom is 0.387 e. The molecule has 152 valence electrons. The van der Waals surface area contributed by atoms with Gasteiger partial charge < -0.3 is 24.8 Å². The molecule has 0 atom stereocenters. The molecule has 1 aliphatic rings. The number of amides is 2. The molecule has 0 aromatic heterocycles. The maximum absolute atomic E-state index is 12.4. The van der Waals surface area contributed by atoms with Crippen LogP contribution >= 0.6 is 0 Å². The van der Waals surface area contributed by atoms with Gasteiger partial charge in [-0.15, -0.1) is 0 Å². The molecule has 1 aromatic carbocycles. The van der Waals surface area contributed by atoms with Crippen molar-refractivity contribution in [3.8, 4) is 11.5 Å². The van der Waals surface area contributed by atoms with Crippen molar-refractivity contribution in [2.24, 2.45) is 0 Å². The van der Waals surface area contributed by atoms with Crippen LogP contribution in [0.5, 0.6) is 11.5 Å². The van der Waals surface area contributed by atoms with E-state index >= 15 is 0 Å². The zero-order valence-corrected chi connectivity index (χ0v) is 15.9. The Morgan fingerprint density at radius 3 is 2.59 bits per heavy atom. The second-order valence-corrected chi connectivity index (χ2v) is 6.81. The van der Waals surface area contributed by atoms with E-state index in [0.717, 1.165) is 13.1 Å². The Bertz CT molecular complexity index is 623. The van der Waals surface area contributed by atoms with Gasteiger partial charge in [-0.05, 0) is 31.5 Å². The highest BCUT2D eigenvalue weighted by atomic mass is 19.3. The van der Waals surface area contributed by atoms with Crippen molar-refractivity contribution >= 4 is 6.03 Å². The lowest BCUT2D eigenvalue weighted by Gasteiger charge is -2.40. The summed E-state index contributed by atoms with van der Waals surface area (Å²) in [5.74, 6) is 0.136. The molecule has 1 heterocycles. The van der Waals surface area contributed by atoms with Crippen LogP contribution in [0.3, 0.4) is 0 Å². The zero-order valence-electron chi connectivity index (χ0n) is 15.9. The average Bonchev–Trinajstić information content (AvgIpc) is 2.66. The number of urea groups is 1. The van der Waals surface area contributed by atoms with Crippen LogP contribution in [0, 0.1) is 0 Å². The molecule has 0 saturated carbocycles. The van der Waals surface area contributed by atoms with E-state index in [-0.39, 0.29) is 29.6 Å². The van der Waals surface area contributed by atoms with Gasteiger partial charge in [0, 0.05) is 31.7 Å². The second kappa shape index (κ2) is 9.70. The number of hydrogen-bond donors (Lipinski definition) is 2. The standard InChI is InChI=1S/C18H27F2N3O4/c1-18(2,23-6-8-26-9-7-23)12-22-17(24)21-11-13-4-5-14(27-16(19)20)15(10-13)25-3/h4-5,10,16H,6-9,11-12H2,1-3H3,(H2,21,22,24). The van der Waals surface area contributed by atoms with E-state index in [4.69, 9.17) is 9.47 Å². The van der Waals surface area contributed by atoms with Crippen LogP contribution < -0.4 is 20.1 Å². The van der Waals surface area contributed by atoms with Crippen molar-refractivity contribution in [1.29, 1.82) is 0 Å². The molecule has 0 radical (unpaired) electrons. The predicted molar refractivity (Wildman–Crippen MR) is 96.3 cm³/mol. The summed E-state index contributed by atoms with van der Waals surface area (Å²) in [7, 11) is 1.37. The van der Waals surface area contributed by atoms with Gasteiger partial charge in [0.05, 0.1) is 20.3 Å². The number of methoxy groups -OCH3 is 1. The zero-order chi connectivity index (χ0) is 19.9. The molecule has 1 saturated heterocycles. The monoisotopic (exact) mass is 387 g/mol. The lowest BCUT2D eigenvalue weighted by molar-refractivity contribution is -0.0512. The first kappa shape index (κ1) is 21.2. The van der Waals surface area contributed by atoms with Crippen LogP contribution in [0.1, 0.15) is 19.4 Å². The number of carbonyl (C=O) groups is 1. The highest BCUT2D eigenvalue weighted by Crippen LogP contribution is 2.29. The van der Waals surface area contributed by atoms with Gasteiger partial charge in [0.2, 0.25) is 0 Å². The van der Waals surface area contributed by atoms with Crippen molar-refractivity contribution in [2.75, 3.05) is 40.0 Å². The molecule has 0 unspecified atom stereocenters. The first-order chi connectivity index (χ1) is 12.8. The van der Waals surface area contributed by atoms with Crippen molar-refractivity contribution < 1.29 is 27.8 Å². The van der Waals surface area contributed by atoms with Crippen LogP contribution in [0.2, 0.25) is 0 Å². The molecule has 27 heavy (non-hydrogen) atoms. The summed E-state index contributed by atoms with van der Waals surface area (Å²) < 4.78 is 39.5. The number of morpholine rings is 1. The van der Waals surface area contributed by atoms with Crippen molar-refractivity contribution in [3.63, 3.8) is 0 Å². The summed E-state index contributed by atoms with van der Waals surface area (Å²) in [5, 5.41) is 5.62. The van der Waals surface area contributed by atoms with Crippen LogP contribution in [-0.4, -0.2) is 63.0 Å². The third kappa shape index (κ3) is 6.51. The number of carbonyl (C=O) groups excluding carboxylic acids is 1. The van der Waals surface area contributed by atoms with E-state index in [9.17, 15) is 13.6 Å². The molecular weight excluding hydrogens is 360 g/mol. The minimum absolute atomic E-state index is 0.0482. The fraction of sp³-hybridized carbons (Fsp3) is 0.611. The normalized spacial score (nSPS) is 15.5. The van der Waals surface area contributed by atoms with E-state index < -0.39 is 6.61 Å². The van der Waals surface area contributed by atoms with Crippen LogP contribution in [-0.2, 0) is 11.3 Å². The molecule has 2 rings (SSSR count).